The van der Waals surface area contributed by atoms with E-state index in [1.54, 1.807) is 7.11 Å². The van der Waals surface area contributed by atoms with Gasteiger partial charge in [-0.05, 0) is 44.0 Å². The quantitative estimate of drug-likeness (QED) is 0.657. The Bertz CT molecular complexity index is 959. The second-order valence-corrected chi connectivity index (χ2v) is 7.44. The highest BCUT2D eigenvalue weighted by Gasteiger charge is 2.28. The number of aryl methyl sites for hydroxylation is 1. The summed E-state index contributed by atoms with van der Waals surface area (Å²) in [6.45, 7) is 6.04. The van der Waals surface area contributed by atoms with Crippen LogP contribution >= 0.6 is 0 Å². The average molecular weight is 380 g/mol. The number of hydrogen-bond acceptors (Lipinski definition) is 3. The van der Waals surface area contributed by atoms with Gasteiger partial charge in [0.05, 0.1) is 6.61 Å². The van der Waals surface area contributed by atoms with Gasteiger partial charge in [0, 0.05) is 74.3 Å². The molecule has 3 heterocycles. The molecule has 0 bridgehead atoms. The van der Waals surface area contributed by atoms with Gasteiger partial charge in [-0.3, -0.25) is 4.79 Å². The first kappa shape index (κ1) is 18.7. The number of ether oxygens (including phenoxy) is 1. The molecule has 0 saturated carbocycles. The second-order valence-electron chi connectivity index (χ2n) is 7.44. The highest BCUT2D eigenvalue weighted by molar-refractivity contribution is 5.98. The monoisotopic (exact) mass is 380 g/mol. The number of methoxy groups -OCH3 is 1. The van der Waals surface area contributed by atoms with Crippen molar-refractivity contribution in [3.05, 3.63) is 54.2 Å². The molecular formula is C22H28N4O2. The van der Waals surface area contributed by atoms with Gasteiger partial charge in [0.1, 0.15) is 5.82 Å². The molecule has 1 amide bonds. The number of amides is 1. The lowest BCUT2D eigenvalue weighted by atomic mass is 9.96. The highest BCUT2D eigenvalue weighted by Crippen LogP contribution is 2.27. The maximum atomic E-state index is 13.2. The average Bonchev–Trinajstić information content (AvgIpc) is 3.37. The van der Waals surface area contributed by atoms with Crippen LogP contribution in [0.25, 0.3) is 10.9 Å². The number of imidazole rings is 1. The van der Waals surface area contributed by atoms with Gasteiger partial charge in [-0.15, -0.1) is 0 Å². The summed E-state index contributed by atoms with van der Waals surface area (Å²) in [6.07, 6.45) is 7.99. The molecule has 4 rings (SSSR count). The second kappa shape index (κ2) is 8.19. The Balaban J connectivity index is 1.51. The van der Waals surface area contributed by atoms with E-state index < -0.39 is 0 Å². The number of nitrogens with zero attached hydrogens (tertiary/aromatic N) is 4. The standard InChI is InChI=1S/C22H28N4O2/c1-3-24-11-8-17-15-18(6-7-20(17)24)22(27)26-10-4-5-19(16-26)21-23-9-12-25(21)13-14-28-2/h6-9,11-12,15,19H,3-5,10,13-14,16H2,1-2H3. The lowest BCUT2D eigenvalue weighted by Crippen LogP contribution is -2.39. The Labute approximate surface area is 165 Å². The Morgan fingerprint density at radius 1 is 1.25 bits per heavy atom. The molecular weight excluding hydrogens is 352 g/mol. The molecule has 1 aliphatic rings. The smallest absolute Gasteiger partial charge is 0.253 e. The molecule has 0 spiro atoms. The Hall–Kier alpha value is -2.60. The van der Waals surface area contributed by atoms with Crippen molar-refractivity contribution in [3.63, 3.8) is 0 Å². The number of hydrogen-bond donors (Lipinski definition) is 0. The number of benzene rings is 1. The van der Waals surface area contributed by atoms with Crippen molar-refractivity contribution in [1.29, 1.82) is 0 Å². The Morgan fingerprint density at radius 2 is 2.14 bits per heavy atom. The summed E-state index contributed by atoms with van der Waals surface area (Å²) in [6, 6.07) is 8.12. The molecule has 1 saturated heterocycles. The van der Waals surface area contributed by atoms with Crippen molar-refractivity contribution < 1.29 is 9.53 Å². The van der Waals surface area contributed by atoms with Crippen molar-refractivity contribution in [2.24, 2.45) is 0 Å². The minimum atomic E-state index is 0.117. The number of likely N-dealkylation sites (tertiary alicyclic amines) is 1. The lowest BCUT2D eigenvalue weighted by molar-refractivity contribution is 0.0702. The normalized spacial score (nSPS) is 17.4. The maximum absolute atomic E-state index is 13.2. The largest absolute Gasteiger partial charge is 0.383 e. The van der Waals surface area contributed by atoms with Crippen LogP contribution in [-0.2, 0) is 17.8 Å². The van der Waals surface area contributed by atoms with E-state index in [0.29, 0.717) is 6.61 Å². The van der Waals surface area contributed by atoms with Crippen LogP contribution in [0.3, 0.4) is 0 Å². The molecule has 3 aromatic rings. The van der Waals surface area contributed by atoms with Gasteiger partial charge >= 0.3 is 0 Å². The molecule has 0 radical (unpaired) electrons. The van der Waals surface area contributed by atoms with E-state index in [1.165, 1.54) is 5.52 Å². The molecule has 148 valence electrons. The molecule has 6 heteroatoms. The predicted octanol–water partition coefficient (Wildman–Crippen LogP) is 3.52. The van der Waals surface area contributed by atoms with Crippen LogP contribution < -0.4 is 0 Å². The van der Waals surface area contributed by atoms with E-state index in [4.69, 9.17) is 4.74 Å². The number of carbonyl (C=O) groups is 1. The molecule has 0 aliphatic carbocycles. The van der Waals surface area contributed by atoms with Crippen molar-refractivity contribution in [2.75, 3.05) is 26.8 Å². The first-order chi connectivity index (χ1) is 13.7. The van der Waals surface area contributed by atoms with E-state index >= 15 is 0 Å². The fraction of sp³-hybridized carbons (Fsp3) is 0.455. The maximum Gasteiger partial charge on any atom is 0.253 e. The first-order valence-electron chi connectivity index (χ1n) is 10.1. The minimum absolute atomic E-state index is 0.117. The summed E-state index contributed by atoms with van der Waals surface area (Å²) in [5, 5.41) is 1.12. The highest BCUT2D eigenvalue weighted by atomic mass is 16.5. The summed E-state index contributed by atoms with van der Waals surface area (Å²) in [4.78, 5) is 19.7. The van der Waals surface area contributed by atoms with E-state index in [0.717, 1.165) is 55.8 Å². The van der Waals surface area contributed by atoms with Crippen molar-refractivity contribution in [1.82, 2.24) is 19.0 Å². The molecule has 1 aromatic carbocycles. The number of fused-ring (bicyclic) bond motifs is 1. The third kappa shape index (κ3) is 3.56. The molecule has 0 N–H and O–H groups in total. The van der Waals surface area contributed by atoms with Crippen LogP contribution in [0.5, 0.6) is 0 Å². The Kier molecular flexibility index (Phi) is 5.48. The van der Waals surface area contributed by atoms with E-state index in [-0.39, 0.29) is 11.8 Å². The zero-order chi connectivity index (χ0) is 19.5. The van der Waals surface area contributed by atoms with Crippen molar-refractivity contribution in [3.8, 4) is 0 Å². The van der Waals surface area contributed by atoms with Gasteiger partial charge in [0.25, 0.3) is 5.91 Å². The molecule has 1 fully saturated rings. The fourth-order valence-corrected chi connectivity index (χ4v) is 4.22. The molecule has 6 nitrogen and oxygen atoms in total. The van der Waals surface area contributed by atoms with Gasteiger partial charge in [-0.2, -0.15) is 0 Å². The third-order valence-electron chi connectivity index (χ3n) is 5.72. The molecule has 2 aromatic heterocycles. The summed E-state index contributed by atoms with van der Waals surface area (Å²) < 4.78 is 9.55. The summed E-state index contributed by atoms with van der Waals surface area (Å²) in [5.41, 5.74) is 1.94. The lowest BCUT2D eigenvalue weighted by Gasteiger charge is -2.32. The number of aromatic nitrogens is 3. The van der Waals surface area contributed by atoms with Crippen LogP contribution in [0.1, 0.15) is 41.9 Å². The van der Waals surface area contributed by atoms with E-state index in [2.05, 4.69) is 39.4 Å². The number of rotatable bonds is 6. The molecule has 1 aliphatic heterocycles. The van der Waals surface area contributed by atoms with Gasteiger partial charge in [0.15, 0.2) is 0 Å². The number of piperidine rings is 1. The van der Waals surface area contributed by atoms with Gasteiger partial charge in [-0.25, -0.2) is 4.98 Å². The molecule has 28 heavy (non-hydrogen) atoms. The van der Waals surface area contributed by atoms with Crippen molar-refractivity contribution in [2.45, 2.75) is 38.8 Å². The minimum Gasteiger partial charge on any atom is -0.383 e. The zero-order valence-corrected chi connectivity index (χ0v) is 16.7. The third-order valence-corrected chi connectivity index (χ3v) is 5.72. The molecule has 1 atom stereocenters. The summed E-state index contributed by atoms with van der Waals surface area (Å²) >= 11 is 0. The van der Waals surface area contributed by atoms with Crippen LogP contribution in [0, 0.1) is 0 Å². The zero-order valence-electron chi connectivity index (χ0n) is 16.7. The SMILES string of the molecule is CCn1ccc2cc(C(=O)N3CCCC(c4nccn4CCOC)C3)ccc21. The van der Waals surface area contributed by atoms with E-state index in [9.17, 15) is 4.79 Å². The van der Waals surface area contributed by atoms with Gasteiger partial charge in [-0.1, -0.05) is 0 Å². The predicted molar refractivity (Wildman–Crippen MR) is 110 cm³/mol. The van der Waals surface area contributed by atoms with Crippen LogP contribution in [0.2, 0.25) is 0 Å². The fourth-order valence-electron chi connectivity index (χ4n) is 4.22. The topological polar surface area (TPSA) is 52.3 Å². The molecule has 1 unspecified atom stereocenters. The summed E-state index contributed by atoms with van der Waals surface area (Å²) in [5.74, 6) is 1.45. The van der Waals surface area contributed by atoms with Crippen LogP contribution in [0.4, 0.5) is 0 Å². The van der Waals surface area contributed by atoms with Gasteiger partial charge in [0.2, 0.25) is 0 Å². The van der Waals surface area contributed by atoms with Crippen LogP contribution in [-0.4, -0.2) is 51.7 Å². The van der Waals surface area contributed by atoms with Crippen LogP contribution in [0.15, 0.2) is 42.9 Å². The summed E-state index contributed by atoms with van der Waals surface area (Å²) in [7, 11) is 1.71. The van der Waals surface area contributed by atoms with Crippen molar-refractivity contribution >= 4 is 16.8 Å². The Morgan fingerprint density at radius 3 is 2.96 bits per heavy atom. The first-order valence-corrected chi connectivity index (χ1v) is 10.1. The van der Waals surface area contributed by atoms with E-state index in [1.807, 2.05) is 29.4 Å². The number of carbonyl (C=O) groups excluding carboxylic acids is 1. The van der Waals surface area contributed by atoms with Gasteiger partial charge < -0.3 is 18.8 Å².